The highest BCUT2D eigenvalue weighted by atomic mass is 79.9. The van der Waals surface area contributed by atoms with Gasteiger partial charge in [-0.2, -0.15) is 0 Å². The van der Waals surface area contributed by atoms with Gasteiger partial charge in [-0.15, -0.1) is 0 Å². The lowest BCUT2D eigenvalue weighted by Crippen LogP contribution is -2.43. The first kappa shape index (κ1) is 13.5. The third kappa shape index (κ3) is 4.08. The zero-order valence-corrected chi connectivity index (χ0v) is 11.7. The van der Waals surface area contributed by atoms with Gasteiger partial charge in [0.15, 0.2) is 0 Å². The van der Waals surface area contributed by atoms with Crippen molar-refractivity contribution < 1.29 is 9.53 Å². The molecule has 1 aromatic rings. The number of benzene rings is 1. The van der Waals surface area contributed by atoms with Crippen molar-refractivity contribution in [1.29, 1.82) is 0 Å². The van der Waals surface area contributed by atoms with Crippen LogP contribution in [0.5, 0.6) is 0 Å². The Hall–Kier alpha value is -0.910. The van der Waals surface area contributed by atoms with E-state index in [4.69, 9.17) is 4.74 Å². The van der Waals surface area contributed by atoms with Crippen LogP contribution < -0.4 is 10.6 Å². The smallest absolute Gasteiger partial charge is 0.251 e. The van der Waals surface area contributed by atoms with Gasteiger partial charge < -0.3 is 15.4 Å². The molecule has 1 heterocycles. The number of hydrogen-bond donors (Lipinski definition) is 2. The minimum Gasteiger partial charge on any atom is -0.379 e. The second-order valence-corrected chi connectivity index (χ2v) is 5.19. The SMILES string of the molecule is O=C(NCCC1COCCN1)c1ccc(Br)cc1. The molecule has 18 heavy (non-hydrogen) atoms. The fourth-order valence-corrected chi connectivity index (χ4v) is 2.13. The number of hydrogen-bond acceptors (Lipinski definition) is 3. The molecule has 4 nitrogen and oxygen atoms in total. The van der Waals surface area contributed by atoms with Crippen molar-refractivity contribution in [3.63, 3.8) is 0 Å². The molecule has 1 fully saturated rings. The van der Waals surface area contributed by atoms with Gasteiger partial charge in [0.2, 0.25) is 0 Å². The number of amides is 1. The van der Waals surface area contributed by atoms with Crippen molar-refractivity contribution in [3.05, 3.63) is 34.3 Å². The van der Waals surface area contributed by atoms with Crippen LogP contribution in [0.4, 0.5) is 0 Å². The molecule has 5 heteroatoms. The summed E-state index contributed by atoms with van der Waals surface area (Å²) in [7, 11) is 0. The summed E-state index contributed by atoms with van der Waals surface area (Å²) in [5, 5.41) is 6.27. The van der Waals surface area contributed by atoms with Crippen LogP contribution in [0.2, 0.25) is 0 Å². The monoisotopic (exact) mass is 312 g/mol. The van der Waals surface area contributed by atoms with E-state index in [0.717, 1.165) is 30.7 Å². The van der Waals surface area contributed by atoms with Gasteiger partial charge in [-0.1, -0.05) is 15.9 Å². The highest BCUT2D eigenvalue weighted by Crippen LogP contribution is 2.10. The van der Waals surface area contributed by atoms with Gasteiger partial charge >= 0.3 is 0 Å². The van der Waals surface area contributed by atoms with E-state index in [2.05, 4.69) is 26.6 Å². The molecule has 0 bridgehead atoms. The number of carbonyl (C=O) groups is 1. The molecule has 2 rings (SSSR count). The third-order valence-electron chi connectivity index (χ3n) is 2.88. The predicted octanol–water partition coefficient (Wildman–Crippen LogP) is 1.56. The molecule has 98 valence electrons. The first-order valence-electron chi connectivity index (χ1n) is 6.10. The van der Waals surface area contributed by atoms with E-state index in [1.807, 2.05) is 12.1 Å². The number of halogens is 1. The van der Waals surface area contributed by atoms with E-state index in [0.29, 0.717) is 18.2 Å². The summed E-state index contributed by atoms with van der Waals surface area (Å²) in [4.78, 5) is 11.8. The predicted molar refractivity (Wildman–Crippen MR) is 73.7 cm³/mol. The van der Waals surface area contributed by atoms with Gasteiger partial charge in [-0.25, -0.2) is 0 Å². The molecule has 1 aromatic carbocycles. The van der Waals surface area contributed by atoms with Crippen LogP contribution in [-0.2, 0) is 4.74 Å². The van der Waals surface area contributed by atoms with Crippen molar-refractivity contribution in [2.24, 2.45) is 0 Å². The topological polar surface area (TPSA) is 50.4 Å². The molecule has 1 saturated heterocycles. The Labute approximate surface area is 115 Å². The molecule has 1 aliphatic rings. The van der Waals surface area contributed by atoms with Crippen LogP contribution in [0.25, 0.3) is 0 Å². The lowest BCUT2D eigenvalue weighted by molar-refractivity contribution is 0.0733. The Balaban J connectivity index is 1.72. The van der Waals surface area contributed by atoms with E-state index in [1.165, 1.54) is 0 Å². The molecule has 1 atom stereocenters. The molecule has 1 unspecified atom stereocenters. The van der Waals surface area contributed by atoms with Gasteiger partial charge in [0.1, 0.15) is 0 Å². The van der Waals surface area contributed by atoms with Gasteiger partial charge in [0.05, 0.1) is 13.2 Å². The molecule has 0 spiro atoms. The van der Waals surface area contributed by atoms with E-state index in [-0.39, 0.29) is 5.91 Å². The Kier molecular flexibility index (Phi) is 5.16. The lowest BCUT2D eigenvalue weighted by atomic mass is 10.2. The summed E-state index contributed by atoms with van der Waals surface area (Å²) in [6.07, 6.45) is 0.891. The van der Waals surface area contributed by atoms with Crippen LogP contribution in [-0.4, -0.2) is 38.3 Å². The maximum atomic E-state index is 11.8. The second-order valence-electron chi connectivity index (χ2n) is 4.28. The molecule has 0 aliphatic carbocycles. The van der Waals surface area contributed by atoms with E-state index >= 15 is 0 Å². The lowest BCUT2D eigenvalue weighted by Gasteiger charge is -2.23. The highest BCUT2D eigenvalue weighted by molar-refractivity contribution is 9.10. The molecule has 1 amide bonds. The van der Waals surface area contributed by atoms with Crippen LogP contribution in [0.3, 0.4) is 0 Å². The largest absolute Gasteiger partial charge is 0.379 e. The maximum absolute atomic E-state index is 11.8. The minimum atomic E-state index is -0.0285. The van der Waals surface area contributed by atoms with Crippen LogP contribution in [0, 0.1) is 0 Å². The fourth-order valence-electron chi connectivity index (χ4n) is 1.87. The van der Waals surface area contributed by atoms with Crippen molar-refractivity contribution >= 4 is 21.8 Å². The second kappa shape index (κ2) is 6.87. The Morgan fingerprint density at radius 3 is 2.89 bits per heavy atom. The first-order valence-corrected chi connectivity index (χ1v) is 6.90. The van der Waals surface area contributed by atoms with Gasteiger partial charge in [0, 0.05) is 29.2 Å². The van der Waals surface area contributed by atoms with Crippen LogP contribution in [0.1, 0.15) is 16.8 Å². The number of nitrogens with one attached hydrogen (secondary N) is 2. The standard InChI is InChI=1S/C13H17BrN2O2/c14-11-3-1-10(2-4-11)13(17)16-6-5-12-9-18-8-7-15-12/h1-4,12,15H,5-9H2,(H,16,17). The molecule has 1 aliphatic heterocycles. The number of morpholine rings is 1. The molecular formula is C13H17BrN2O2. The van der Waals surface area contributed by atoms with Crippen molar-refractivity contribution in [2.75, 3.05) is 26.3 Å². The fraction of sp³-hybridized carbons (Fsp3) is 0.462. The Bertz CT molecular complexity index is 388. The third-order valence-corrected chi connectivity index (χ3v) is 3.41. The number of rotatable bonds is 4. The molecule has 2 N–H and O–H groups in total. The summed E-state index contributed by atoms with van der Waals surface area (Å²) >= 11 is 3.35. The average Bonchev–Trinajstić information content (AvgIpc) is 2.40. The maximum Gasteiger partial charge on any atom is 0.251 e. The van der Waals surface area contributed by atoms with Gasteiger partial charge in [0.25, 0.3) is 5.91 Å². The molecule has 0 radical (unpaired) electrons. The number of ether oxygens (including phenoxy) is 1. The van der Waals surface area contributed by atoms with Gasteiger partial charge in [-0.3, -0.25) is 4.79 Å². The molecular weight excluding hydrogens is 296 g/mol. The summed E-state index contributed by atoms with van der Waals surface area (Å²) in [6.45, 7) is 3.07. The van der Waals surface area contributed by atoms with Crippen molar-refractivity contribution in [2.45, 2.75) is 12.5 Å². The summed E-state index contributed by atoms with van der Waals surface area (Å²) < 4.78 is 6.33. The molecule has 0 saturated carbocycles. The average molecular weight is 313 g/mol. The zero-order valence-electron chi connectivity index (χ0n) is 10.1. The highest BCUT2D eigenvalue weighted by Gasteiger charge is 2.13. The van der Waals surface area contributed by atoms with Crippen molar-refractivity contribution in [3.8, 4) is 0 Å². The van der Waals surface area contributed by atoms with Crippen LogP contribution in [0.15, 0.2) is 28.7 Å². The van der Waals surface area contributed by atoms with E-state index < -0.39 is 0 Å². The van der Waals surface area contributed by atoms with Crippen LogP contribution >= 0.6 is 15.9 Å². The normalized spacial score (nSPS) is 19.5. The first-order chi connectivity index (χ1) is 8.75. The van der Waals surface area contributed by atoms with E-state index in [9.17, 15) is 4.79 Å². The minimum absolute atomic E-state index is 0.0285. The molecule has 0 aromatic heterocycles. The number of carbonyl (C=O) groups excluding carboxylic acids is 1. The Morgan fingerprint density at radius 2 is 2.22 bits per heavy atom. The summed E-state index contributed by atoms with van der Waals surface area (Å²) in [5.41, 5.74) is 0.686. The Morgan fingerprint density at radius 1 is 1.44 bits per heavy atom. The quantitative estimate of drug-likeness (QED) is 0.887. The summed E-state index contributed by atoms with van der Waals surface area (Å²) in [5.74, 6) is -0.0285. The van der Waals surface area contributed by atoms with Gasteiger partial charge in [-0.05, 0) is 30.7 Å². The van der Waals surface area contributed by atoms with Crippen molar-refractivity contribution in [1.82, 2.24) is 10.6 Å². The van der Waals surface area contributed by atoms with E-state index in [1.54, 1.807) is 12.1 Å². The zero-order chi connectivity index (χ0) is 12.8. The summed E-state index contributed by atoms with van der Waals surface area (Å²) in [6, 6.07) is 7.70.